The molecule has 1 fully saturated rings. The van der Waals surface area contributed by atoms with Crippen LogP contribution in [0.4, 0.5) is 0 Å². The molecule has 0 spiro atoms. The number of carbonyl (C=O) groups excluding carboxylic acids is 12. The van der Waals surface area contributed by atoms with Gasteiger partial charge in [0, 0.05) is 77.7 Å². The summed E-state index contributed by atoms with van der Waals surface area (Å²) in [4.78, 5) is 177. The lowest BCUT2D eigenvalue weighted by Gasteiger charge is -2.36. The number of aliphatic hydroxyl groups excluding tert-OH is 1. The molecule has 1 aliphatic rings. The molecular weight excluding hydrogens is 1240 g/mol. The molecule has 1 saturated heterocycles. The monoisotopic (exact) mass is 1340 g/mol. The quantitative estimate of drug-likeness (QED) is 0.0931. The van der Waals surface area contributed by atoms with Crippen molar-refractivity contribution in [2.75, 3.05) is 39.7 Å². The molecule has 12 atom stereocenters. The van der Waals surface area contributed by atoms with Crippen molar-refractivity contribution in [2.24, 2.45) is 17.8 Å². The molecule has 10 amide bonds. The number of hydrogen-bond donors (Lipinski definition) is 9. The standard InChI is InChI=1S/C69H100N10O13S2/c1-41(2)33-53-68(91)77(10)46(8)67(90)78(11)55(34-42(3)4)58(81)35-43(5)66(89)79(12)56(38-49-29-21-15-22-30-49)69(92)76(9)45(7)61(84)70-44(6)60(83)72-51(36-47-25-17-13-18-26-47)64(87)75-54(39-93)57(80)32-24-16-23-31-50(62(85)74-53)71-63(86)52(73-65(88)59(82)40-94)37-48-27-19-14-20-28-48/h13-15,17-22,25-30,41-46,50-56,59,82,93-94H,16,23-24,31-40H2,1-12H3,(H,70,84)(H,71,86)(H,72,83)(H,73,88)(H,74,85)(H,75,87)/t43-,44+,45+,46+,50+,51+,52+,53+,54+,55+,56+,59?/m1/s1. The number of likely N-dealkylation sites (N-methyl/N-ethyl adjacent to an activating group) is 4. The minimum Gasteiger partial charge on any atom is -0.382 e. The van der Waals surface area contributed by atoms with Crippen LogP contribution in [0.5, 0.6) is 0 Å². The van der Waals surface area contributed by atoms with Crippen molar-refractivity contribution in [1.29, 1.82) is 0 Å². The van der Waals surface area contributed by atoms with Gasteiger partial charge < -0.3 is 56.6 Å². The number of nitrogens with zero attached hydrogens (tertiary/aromatic N) is 4. The van der Waals surface area contributed by atoms with Gasteiger partial charge in [-0.2, -0.15) is 25.3 Å². The third kappa shape index (κ3) is 24.0. The van der Waals surface area contributed by atoms with Gasteiger partial charge in [0.25, 0.3) is 0 Å². The Kier molecular flexibility index (Phi) is 32.4. The van der Waals surface area contributed by atoms with Crippen molar-refractivity contribution < 1.29 is 62.6 Å². The van der Waals surface area contributed by atoms with Crippen molar-refractivity contribution in [2.45, 2.75) is 193 Å². The molecule has 3 aromatic carbocycles. The topological polar surface area (TPSA) is 310 Å². The molecule has 3 aromatic rings. The predicted molar refractivity (Wildman–Crippen MR) is 365 cm³/mol. The van der Waals surface area contributed by atoms with Crippen LogP contribution in [-0.2, 0) is 76.8 Å². The first kappa shape index (κ1) is 78.8. The number of benzene rings is 3. The summed E-state index contributed by atoms with van der Waals surface area (Å²) in [7, 11) is 5.70. The van der Waals surface area contributed by atoms with Gasteiger partial charge in [0.05, 0.1) is 12.1 Å². The Bertz CT molecular complexity index is 3050. The van der Waals surface area contributed by atoms with Gasteiger partial charge in [0.15, 0.2) is 11.6 Å². The average molecular weight is 1340 g/mol. The third-order valence-electron chi connectivity index (χ3n) is 17.1. The molecule has 25 heteroatoms. The zero-order chi connectivity index (χ0) is 70.1. The van der Waals surface area contributed by atoms with Crippen LogP contribution in [0.2, 0.25) is 0 Å². The molecular formula is C69H100N10O13S2. The molecule has 1 unspecified atom stereocenters. The number of hydrogen-bond acceptors (Lipinski definition) is 15. The molecule has 0 saturated carbocycles. The van der Waals surface area contributed by atoms with E-state index in [0.29, 0.717) is 23.1 Å². The van der Waals surface area contributed by atoms with E-state index in [1.54, 1.807) is 97.9 Å². The van der Waals surface area contributed by atoms with Gasteiger partial charge in [-0.05, 0) is 75.0 Å². The number of amides is 10. The Morgan fingerprint density at radius 1 is 0.532 bits per heavy atom. The van der Waals surface area contributed by atoms with Crippen LogP contribution >= 0.6 is 25.3 Å². The molecule has 94 heavy (non-hydrogen) atoms. The van der Waals surface area contributed by atoms with E-state index in [0.717, 1.165) is 0 Å². The molecule has 1 heterocycles. The minimum atomic E-state index is -1.57. The van der Waals surface area contributed by atoms with Crippen LogP contribution in [0.15, 0.2) is 91.0 Å². The fourth-order valence-electron chi connectivity index (χ4n) is 11.0. The summed E-state index contributed by atoms with van der Waals surface area (Å²) in [6, 6.07) is 14.3. The number of rotatable bonds is 16. The largest absolute Gasteiger partial charge is 0.382 e. The molecule has 0 aliphatic carbocycles. The molecule has 0 bridgehead atoms. The van der Waals surface area contributed by atoms with Crippen LogP contribution in [0.1, 0.15) is 123 Å². The highest BCUT2D eigenvalue weighted by molar-refractivity contribution is 7.80. The Morgan fingerprint density at radius 2 is 1.05 bits per heavy atom. The second-order valence-electron chi connectivity index (χ2n) is 25.6. The van der Waals surface area contributed by atoms with Gasteiger partial charge in [0.2, 0.25) is 59.1 Å². The number of carbonyl (C=O) groups is 12. The first-order valence-electron chi connectivity index (χ1n) is 32.4. The number of aliphatic hydroxyl groups is 1. The Labute approximate surface area is 565 Å². The number of ketones is 2. The number of nitrogens with one attached hydrogen (secondary N) is 6. The van der Waals surface area contributed by atoms with Crippen LogP contribution in [-0.4, -0.2) is 202 Å². The summed E-state index contributed by atoms with van der Waals surface area (Å²) in [5, 5.41) is 26.7. The molecule has 4 rings (SSSR count). The normalized spacial score (nSPS) is 24.8. The van der Waals surface area contributed by atoms with E-state index in [1.807, 2.05) is 27.7 Å². The zero-order valence-corrected chi connectivity index (χ0v) is 58.3. The minimum absolute atomic E-state index is 0.0122. The summed E-state index contributed by atoms with van der Waals surface area (Å²) >= 11 is 8.45. The maximum absolute atomic E-state index is 14.8. The van der Waals surface area contributed by atoms with E-state index < -0.39 is 137 Å². The van der Waals surface area contributed by atoms with Gasteiger partial charge in [-0.25, -0.2) is 0 Å². The van der Waals surface area contributed by atoms with E-state index in [4.69, 9.17) is 0 Å². The third-order valence-corrected chi connectivity index (χ3v) is 17.8. The predicted octanol–water partition coefficient (Wildman–Crippen LogP) is 3.43. The van der Waals surface area contributed by atoms with Crippen LogP contribution in [0, 0.1) is 17.8 Å². The van der Waals surface area contributed by atoms with Gasteiger partial charge in [0.1, 0.15) is 54.4 Å². The Morgan fingerprint density at radius 3 is 1.61 bits per heavy atom. The van der Waals surface area contributed by atoms with Crippen molar-refractivity contribution in [3.63, 3.8) is 0 Å². The molecule has 7 N–H and O–H groups in total. The van der Waals surface area contributed by atoms with Crippen LogP contribution in [0.25, 0.3) is 0 Å². The van der Waals surface area contributed by atoms with E-state index in [1.165, 1.54) is 68.6 Å². The summed E-state index contributed by atoms with van der Waals surface area (Å²) in [5.41, 5.74) is 2.00. The second kappa shape index (κ2) is 38.7. The zero-order valence-electron chi connectivity index (χ0n) is 56.5. The molecule has 23 nitrogen and oxygen atoms in total. The van der Waals surface area contributed by atoms with Crippen LogP contribution in [0.3, 0.4) is 0 Å². The fourth-order valence-corrected chi connectivity index (χ4v) is 11.5. The second-order valence-corrected chi connectivity index (χ2v) is 26.3. The highest BCUT2D eigenvalue weighted by Crippen LogP contribution is 2.23. The molecule has 516 valence electrons. The van der Waals surface area contributed by atoms with Crippen molar-refractivity contribution in [3.05, 3.63) is 108 Å². The summed E-state index contributed by atoms with van der Waals surface area (Å²) in [5.74, 6) is -9.67. The Hall–Kier alpha value is -7.64. The first-order valence-corrected chi connectivity index (χ1v) is 33.6. The van der Waals surface area contributed by atoms with Gasteiger partial charge in [-0.1, -0.05) is 138 Å². The van der Waals surface area contributed by atoms with E-state index in [9.17, 15) is 62.6 Å². The fraction of sp³-hybridized carbons (Fsp3) is 0.565. The summed E-state index contributed by atoms with van der Waals surface area (Å²) in [6.07, 6.45) is -0.970. The van der Waals surface area contributed by atoms with Crippen molar-refractivity contribution in [3.8, 4) is 0 Å². The van der Waals surface area contributed by atoms with Gasteiger partial charge >= 0.3 is 0 Å². The van der Waals surface area contributed by atoms with E-state index in [-0.39, 0.29) is 93.3 Å². The number of thiol groups is 2. The molecule has 1 aliphatic heterocycles. The summed E-state index contributed by atoms with van der Waals surface area (Å²) in [6.45, 7) is 13.3. The van der Waals surface area contributed by atoms with Gasteiger partial charge in [-0.15, -0.1) is 0 Å². The van der Waals surface area contributed by atoms with Crippen molar-refractivity contribution in [1.82, 2.24) is 51.5 Å². The highest BCUT2D eigenvalue weighted by Gasteiger charge is 2.40. The number of Topliss-reactive ketones (excluding diaryl/α,β-unsaturated/α-hetero) is 2. The smallest absolute Gasteiger partial charge is 0.250 e. The summed E-state index contributed by atoms with van der Waals surface area (Å²) < 4.78 is 0. The lowest BCUT2D eigenvalue weighted by molar-refractivity contribution is -0.150. The Balaban J connectivity index is 1.79. The maximum Gasteiger partial charge on any atom is 0.250 e. The van der Waals surface area contributed by atoms with Gasteiger partial charge in [-0.3, -0.25) is 57.5 Å². The van der Waals surface area contributed by atoms with E-state index in [2.05, 4.69) is 57.2 Å². The van der Waals surface area contributed by atoms with E-state index >= 15 is 0 Å². The maximum atomic E-state index is 14.8. The average Bonchev–Trinajstić information content (AvgIpc) is 0.882. The lowest BCUT2D eigenvalue weighted by atomic mass is 9.92. The SMILES string of the molecule is CC(C)C[C@@H]1NC(=O)[C@@H](NC(=O)[C@H](Cc2ccccc2)NC(=O)C(O)CS)CCCCCC(=O)[C@H](CS)NC(=O)[C@H](Cc2ccccc2)NC(=O)[C@H](C)NC(=O)[C@H](C)N(C)C(=O)[C@H](Cc2ccccc2)N(C)C(=O)[C@H](C)CC(=O)[C@H](CC(C)C)N(C)C(=O)[C@H](C)N(C)C1=O. The van der Waals surface area contributed by atoms with Crippen molar-refractivity contribution >= 4 is 95.9 Å². The first-order chi connectivity index (χ1) is 44.4. The molecule has 0 aromatic heterocycles. The lowest BCUT2D eigenvalue weighted by Crippen LogP contribution is -2.59. The molecule has 0 radical (unpaired) electrons. The van der Waals surface area contributed by atoms with Crippen LogP contribution < -0.4 is 31.9 Å². The highest BCUT2D eigenvalue weighted by atomic mass is 32.1.